The Morgan fingerprint density at radius 3 is 2.71 bits per heavy atom. The molecule has 0 atom stereocenters. The highest BCUT2D eigenvalue weighted by atomic mass is 19.1. The number of hydrogen-bond donors (Lipinski definition) is 1. The lowest BCUT2D eigenvalue weighted by atomic mass is 10.1. The second kappa shape index (κ2) is 6.74. The molecule has 124 valence electrons. The molecule has 0 fully saturated rings. The number of halogens is 1. The quantitative estimate of drug-likeness (QED) is 0.730. The number of amides is 1. The molecule has 0 saturated heterocycles. The normalized spacial score (nSPS) is 11.0. The molecule has 2 heterocycles. The maximum Gasteiger partial charge on any atom is 0.291 e. The molecule has 6 nitrogen and oxygen atoms in total. The van der Waals surface area contributed by atoms with E-state index in [1.807, 2.05) is 19.9 Å². The molecule has 3 rings (SSSR count). The van der Waals surface area contributed by atoms with Gasteiger partial charge in [0.25, 0.3) is 11.7 Å². The third kappa shape index (κ3) is 3.56. The van der Waals surface area contributed by atoms with Gasteiger partial charge in [0.15, 0.2) is 0 Å². The minimum Gasteiger partial charge on any atom is -0.349 e. The number of hydrogen-bond acceptors (Lipinski definition) is 4. The number of nitrogens with one attached hydrogen (secondary N) is 1. The van der Waals surface area contributed by atoms with E-state index in [-0.39, 0.29) is 17.5 Å². The average Bonchev–Trinajstić information content (AvgIpc) is 2.97. The molecule has 0 saturated carbocycles. The van der Waals surface area contributed by atoms with Gasteiger partial charge in [0, 0.05) is 17.9 Å². The van der Waals surface area contributed by atoms with Gasteiger partial charge in [0.2, 0.25) is 5.82 Å². The number of carbonyl (C=O) groups excluding carboxylic acids is 1. The first-order chi connectivity index (χ1) is 11.5. The molecule has 0 aliphatic heterocycles. The van der Waals surface area contributed by atoms with Crippen molar-refractivity contribution < 1.29 is 9.18 Å². The van der Waals surface area contributed by atoms with Crippen molar-refractivity contribution in [2.24, 2.45) is 0 Å². The number of nitrogens with zero attached hydrogens (tertiary/aromatic N) is 4. The first-order valence-corrected chi connectivity index (χ1v) is 7.76. The zero-order valence-electron chi connectivity index (χ0n) is 13.6. The summed E-state index contributed by atoms with van der Waals surface area (Å²) in [4.78, 5) is 20.6. The van der Waals surface area contributed by atoms with Crippen molar-refractivity contribution >= 4 is 11.7 Å². The van der Waals surface area contributed by atoms with E-state index < -0.39 is 0 Å². The molecule has 1 N–H and O–H groups in total. The number of benzene rings is 1. The molecule has 0 aliphatic carbocycles. The van der Waals surface area contributed by atoms with Crippen molar-refractivity contribution in [1.29, 1.82) is 0 Å². The second-order valence-electron chi connectivity index (χ2n) is 5.67. The van der Waals surface area contributed by atoms with Crippen LogP contribution in [0.15, 0.2) is 30.3 Å². The number of fused-ring (bicyclic) bond motifs is 1. The third-order valence-electron chi connectivity index (χ3n) is 3.66. The van der Waals surface area contributed by atoms with Crippen LogP contribution in [0.5, 0.6) is 0 Å². The van der Waals surface area contributed by atoms with Gasteiger partial charge in [-0.3, -0.25) is 4.79 Å². The van der Waals surface area contributed by atoms with Gasteiger partial charge in [-0.25, -0.2) is 13.9 Å². The molecular weight excluding hydrogens is 309 g/mol. The Hall–Kier alpha value is -2.83. The molecule has 7 heteroatoms. The van der Waals surface area contributed by atoms with E-state index in [9.17, 15) is 9.18 Å². The van der Waals surface area contributed by atoms with Crippen LogP contribution < -0.4 is 5.32 Å². The van der Waals surface area contributed by atoms with Crippen LogP contribution in [0.25, 0.3) is 5.78 Å². The molecular formula is C17H18FN5O. The maximum absolute atomic E-state index is 12.8. The lowest BCUT2D eigenvalue weighted by molar-refractivity contribution is 0.0943. The predicted molar refractivity (Wildman–Crippen MR) is 87.3 cm³/mol. The van der Waals surface area contributed by atoms with E-state index in [1.54, 1.807) is 16.6 Å². The third-order valence-corrected chi connectivity index (χ3v) is 3.66. The zero-order chi connectivity index (χ0) is 17.1. The highest BCUT2D eigenvalue weighted by Gasteiger charge is 2.14. The van der Waals surface area contributed by atoms with Crippen molar-refractivity contribution in [3.8, 4) is 0 Å². The van der Waals surface area contributed by atoms with E-state index in [2.05, 4.69) is 20.4 Å². The Morgan fingerprint density at radius 1 is 1.21 bits per heavy atom. The van der Waals surface area contributed by atoms with Gasteiger partial charge in [0.1, 0.15) is 5.82 Å². The van der Waals surface area contributed by atoms with Crippen LogP contribution in [0.3, 0.4) is 0 Å². The van der Waals surface area contributed by atoms with E-state index in [0.717, 1.165) is 29.8 Å². The number of aromatic nitrogens is 4. The van der Waals surface area contributed by atoms with Gasteiger partial charge in [-0.05, 0) is 50.5 Å². The maximum atomic E-state index is 12.8. The SMILES string of the molecule is Cc1cc(C)n2nc(C(=O)NCCCc3ccc(F)cc3)nc2n1. The summed E-state index contributed by atoms with van der Waals surface area (Å²) in [7, 11) is 0. The van der Waals surface area contributed by atoms with Crippen LogP contribution in [0.1, 0.15) is 34.0 Å². The summed E-state index contributed by atoms with van der Waals surface area (Å²) in [6.07, 6.45) is 1.51. The molecule has 1 amide bonds. The van der Waals surface area contributed by atoms with E-state index in [4.69, 9.17) is 0 Å². The van der Waals surface area contributed by atoms with Gasteiger partial charge in [0.05, 0.1) is 0 Å². The molecule has 3 aromatic rings. The Kier molecular flexibility index (Phi) is 4.50. The van der Waals surface area contributed by atoms with Crippen LogP contribution >= 0.6 is 0 Å². The van der Waals surface area contributed by atoms with E-state index in [0.29, 0.717) is 12.3 Å². The monoisotopic (exact) mass is 327 g/mol. The van der Waals surface area contributed by atoms with Crippen molar-refractivity contribution in [3.63, 3.8) is 0 Å². The lowest BCUT2D eigenvalue weighted by Gasteiger charge is -2.03. The van der Waals surface area contributed by atoms with Gasteiger partial charge in [-0.1, -0.05) is 12.1 Å². The van der Waals surface area contributed by atoms with Gasteiger partial charge < -0.3 is 5.32 Å². The number of carbonyl (C=O) groups is 1. The minimum absolute atomic E-state index is 0.109. The summed E-state index contributed by atoms with van der Waals surface area (Å²) in [6, 6.07) is 8.25. The topological polar surface area (TPSA) is 72.2 Å². The van der Waals surface area contributed by atoms with Crippen LogP contribution in [0.4, 0.5) is 4.39 Å². The molecule has 0 unspecified atom stereocenters. The van der Waals surface area contributed by atoms with Crippen molar-refractivity contribution in [1.82, 2.24) is 24.9 Å². The molecule has 0 bridgehead atoms. The first-order valence-electron chi connectivity index (χ1n) is 7.76. The summed E-state index contributed by atoms with van der Waals surface area (Å²) in [5, 5.41) is 6.99. The molecule has 1 aromatic carbocycles. The fourth-order valence-electron chi connectivity index (χ4n) is 2.49. The predicted octanol–water partition coefficient (Wildman–Crippen LogP) is 2.24. The lowest BCUT2D eigenvalue weighted by Crippen LogP contribution is -2.26. The van der Waals surface area contributed by atoms with E-state index >= 15 is 0 Å². The Morgan fingerprint density at radius 2 is 1.96 bits per heavy atom. The van der Waals surface area contributed by atoms with Crippen LogP contribution in [0, 0.1) is 19.7 Å². The summed E-state index contributed by atoms with van der Waals surface area (Å²) < 4.78 is 14.4. The largest absolute Gasteiger partial charge is 0.349 e. The van der Waals surface area contributed by atoms with Crippen LogP contribution in [-0.4, -0.2) is 32.0 Å². The van der Waals surface area contributed by atoms with Crippen molar-refractivity contribution in [2.45, 2.75) is 26.7 Å². The molecule has 0 aliphatic rings. The fraction of sp³-hybridized carbons (Fsp3) is 0.294. The first kappa shape index (κ1) is 16.0. The average molecular weight is 327 g/mol. The highest BCUT2D eigenvalue weighted by molar-refractivity contribution is 5.90. The van der Waals surface area contributed by atoms with Gasteiger partial charge in [-0.2, -0.15) is 4.98 Å². The van der Waals surface area contributed by atoms with Crippen molar-refractivity contribution in [3.05, 3.63) is 58.9 Å². The van der Waals surface area contributed by atoms with E-state index in [1.165, 1.54) is 12.1 Å². The Balaban J connectivity index is 1.57. The molecule has 24 heavy (non-hydrogen) atoms. The standard InChI is InChI=1S/C17H18FN5O/c1-11-10-12(2)23-17(20-11)21-15(22-23)16(24)19-9-3-4-13-5-7-14(18)8-6-13/h5-8,10H,3-4,9H2,1-2H3,(H,19,24). The molecule has 0 spiro atoms. The smallest absolute Gasteiger partial charge is 0.291 e. The summed E-state index contributed by atoms with van der Waals surface area (Å²) in [5.74, 6) is -0.0391. The second-order valence-corrected chi connectivity index (χ2v) is 5.67. The summed E-state index contributed by atoms with van der Waals surface area (Å²) >= 11 is 0. The fourth-order valence-corrected chi connectivity index (χ4v) is 2.49. The van der Waals surface area contributed by atoms with Gasteiger partial charge >= 0.3 is 0 Å². The highest BCUT2D eigenvalue weighted by Crippen LogP contribution is 2.06. The number of rotatable bonds is 5. The Bertz CT molecular complexity index is 873. The van der Waals surface area contributed by atoms with Gasteiger partial charge in [-0.15, -0.1) is 5.10 Å². The summed E-state index contributed by atoms with van der Waals surface area (Å²) in [6.45, 7) is 4.26. The van der Waals surface area contributed by atoms with Crippen LogP contribution in [-0.2, 0) is 6.42 Å². The minimum atomic E-state index is -0.323. The zero-order valence-corrected chi connectivity index (χ0v) is 13.6. The Labute approximate surface area is 138 Å². The molecule has 2 aromatic heterocycles. The number of aryl methyl sites for hydroxylation is 3. The molecule has 0 radical (unpaired) electrons. The van der Waals surface area contributed by atoms with Crippen LogP contribution in [0.2, 0.25) is 0 Å². The van der Waals surface area contributed by atoms with Crippen molar-refractivity contribution in [2.75, 3.05) is 6.54 Å². The summed E-state index contributed by atoms with van der Waals surface area (Å²) in [5.41, 5.74) is 2.74.